The van der Waals surface area contributed by atoms with Crippen LogP contribution in [0.1, 0.15) is 5.56 Å². The van der Waals surface area contributed by atoms with E-state index in [1.807, 2.05) is 30.3 Å². The van der Waals surface area contributed by atoms with Crippen molar-refractivity contribution in [1.29, 1.82) is 0 Å². The molecular weight excluding hydrogens is 178 g/mol. The van der Waals surface area contributed by atoms with Crippen LogP contribution in [-0.4, -0.2) is 30.3 Å². The van der Waals surface area contributed by atoms with Gasteiger partial charge in [-0.05, 0) is 5.56 Å². The first-order chi connectivity index (χ1) is 6.77. The molecule has 0 spiro atoms. The highest BCUT2D eigenvalue weighted by Gasteiger charge is 2.16. The molecular formula is C10H11N3O. The molecule has 4 heteroatoms. The number of carbonyl (C=O) groups is 1. The van der Waals surface area contributed by atoms with E-state index in [0.717, 1.165) is 11.3 Å². The summed E-state index contributed by atoms with van der Waals surface area (Å²) in [4.78, 5) is 11.1. The number of urea groups is 1. The fraction of sp³-hybridized carbons (Fsp3) is 0.200. The number of nitrogens with zero attached hydrogens (tertiary/aromatic N) is 2. The lowest BCUT2D eigenvalue weighted by atomic mass is 10.1. The third-order valence-electron chi connectivity index (χ3n) is 2.08. The van der Waals surface area contributed by atoms with E-state index in [2.05, 4.69) is 10.4 Å². The standard InChI is InChI=1S/C10H11N3O/c1-13-10(14)11-7-9(12-13)8-5-3-2-4-6-8/h2-6H,7H2,1H3,(H,11,14). The van der Waals surface area contributed by atoms with Crippen molar-refractivity contribution in [2.24, 2.45) is 5.10 Å². The van der Waals surface area contributed by atoms with Crippen LogP contribution in [0.5, 0.6) is 0 Å². The molecule has 0 fully saturated rings. The van der Waals surface area contributed by atoms with Crippen molar-refractivity contribution in [3.63, 3.8) is 0 Å². The van der Waals surface area contributed by atoms with Gasteiger partial charge in [0.05, 0.1) is 12.3 Å². The Morgan fingerprint density at radius 2 is 2.07 bits per heavy atom. The van der Waals surface area contributed by atoms with Crippen molar-refractivity contribution in [3.05, 3.63) is 35.9 Å². The van der Waals surface area contributed by atoms with Crippen LogP contribution < -0.4 is 5.32 Å². The maximum absolute atomic E-state index is 11.1. The lowest BCUT2D eigenvalue weighted by Gasteiger charge is -2.20. The van der Waals surface area contributed by atoms with Gasteiger partial charge < -0.3 is 5.32 Å². The van der Waals surface area contributed by atoms with E-state index in [1.165, 1.54) is 5.01 Å². The minimum Gasteiger partial charge on any atom is -0.331 e. The molecule has 0 radical (unpaired) electrons. The predicted octanol–water partition coefficient (Wildman–Crippen LogP) is 1.05. The Balaban J connectivity index is 2.29. The Bertz CT molecular complexity index is 372. The van der Waals surface area contributed by atoms with E-state index in [9.17, 15) is 4.79 Å². The molecule has 1 N–H and O–H groups in total. The molecule has 0 aromatic heterocycles. The second-order valence-corrected chi connectivity index (χ2v) is 3.10. The van der Waals surface area contributed by atoms with Crippen LogP contribution in [0.15, 0.2) is 35.4 Å². The summed E-state index contributed by atoms with van der Waals surface area (Å²) < 4.78 is 0. The number of hydrazone groups is 1. The van der Waals surface area contributed by atoms with Crippen LogP contribution >= 0.6 is 0 Å². The molecule has 2 rings (SSSR count). The summed E-state index contributed by atoms with van der Waals surface area (Å²) in [6, 6.07) is 9.65. The number of rotatable bonds is 1. The van der Waals surface area contributed by atoms with Crippen molar-refractivity contribution >= 4 is 11.7 Å². The van der Waals surface area contributed by atoms with E-state index in [0.29, 0.717) is 6.54 Å². The summed E-state index contributed by atoms with van der Waals surface area (Å²) in [7, 11) is 1.64. The Morgan fingerprint density at radius 1 is 1.36 bits per heavy atom. The van der Waals surface area contributed by atoms with Gasteiger partial charge in [-0.15, -0.1) is 0 Å². The highest BCUT2D eigenvalue weighted by molar-refractivity contribution is 6.05. The number of hydrogen-bond donors (Lipinski definition) is 1. The van der Waals surface area contributed by atoms with Gasteiger partial charge in [-0.3, -0.25) is 0 Å². The van der Waals surface area contributed by atoms with Gasteiger partial charge >= 0.3 is 6.03 Å². The molecule has 1 aromatic carbocycles. The van der Waals surface area contributed by atoms with Crippen LogP contribution in [-0.2, 0) is 0 Å². The summed E-state index contributed by atoms with van der Waals surface area (Å²) >= 11 is 0. The lowest BCUT2D eigenvalue weighted by Crippen LogP contribution is -2.43. The van der Waals surface area contributed by atoms with Gasteiger partial charge in [-0.1, -0.05) is 30.3 Å². The summed E-state index contributed by atoms with van der Waals surface area (Å²) in [6.45, 7) is 0.493. The minimum absolute atomic E-state index is 0.162. The third kappa shape index (κ3) is 1.59. The lowest BCUT2D eigenvalue weighted by molar-refractivity contribution is 0.209. The molecule has 0 unspecified atom stereocenters. The Labute approximate surface area is 82.2 Å². The molecule has 0 saturated carbocycles. The van der Waals surface area contributed by atoms with Crippen molar-refractivity contribution in [3.8, 4) is 0 Å². The highest BCUT2D eigenvalue weighted by atomic mass is 16.2. The first kappa shape index (κ1) is 8.74. The summed E-state index contributed by atoms with van der Waals surface area (Å²) in [5.74, 6) is 0. The molecule has 14 heavy (non-hydrogen) atoms. The van der Waals surface area contributed by atoms with Crippen LogP contribution in [0.3, 0.4) is 0 Å². The molecule has 1 aromatic rings. The van der Waals surface area contributed by atoms with E-state index < -0.39 is 0 Å². The van der Waals surface area contributed by atoms with Crippen molar-refractivity contribution in [1.82, 2.24) is 10.3 Å². The zero-order valence-electron chi connectivity index (χ0n) is 7.90. The van der Waals surface area contributed by atoms with Crippen molar-refractivity contribution < 1.29 is 4.79 Å². The zero-order valence-corrected chi connectivity index (χ0v) is 7.90. The van der Waals surface area contributed by atoms with Gasteiger partial charge in [0.2, 0.25) is 0 Å². The highest BCUT2D eigenvalue weighted by Crippen LogP contribution is 2.05. The third-order valence-corrected chi connectivity index (χ3v) is 2.08. The van der Waals surface area contributed by atoms with Gasteiger partial charge in [0.1, 0.15) is 0 Å². The van der Waals surface area contributed by atoms with Crippen LogP contribution in [0, 0.1) is 0 Å². The SMILES string of the molecule is CN1N=C(c2ccccc2)CNC1=O. The zero-order chi connectivity index (χ0) is 9.97. The molecule has 2 amide bonds. The molecule has 0 atom stereocenters. The van der Waals surface area contributed by atoms with Crippen molar-refractivity contribution in [2.75, 3.05) is 13.6 Å². The fourth-order valence-corrected chi connectivity index (χ4v) is 1.33. The number of carbonyl (C=O) groups excluding carboxylic acids is 1. The van der Waals surface area contributed by atoms with E-state index >= 15 is 0 Å². The maximum atomic E-state index is 11.1. The van der Waals surface area contributed by atoms with E-state index in [1.54, 1.807) is 7.05 Å². The van der Waals surface area contributed by atoms with Crippen LogP contribution in [0.4, 0.5) is 4.79 Å². The van der Waals surface area contributed by atoms with Crippen LogP contribution in [0.25, 0.3) is 0 Å². The number of nitrogens with one attached hydrogen (secondary N) is 1. The first-order valence-corrected chi connectivity index (χ1v) is 4.42. The van der Waals surface area contributed by atoms with Gasteiger partial charge in [0, 0.05) is 7.05 Å². The summed E-state index contributed by atoms with van der Waals surface area (Å²) in [5.41, 5.74) is 1.92. The summed E-state index contributed by atoms with van der Waals surface area (Å²) in [5, 5.41) is 8.22. The molecule has 1 heterocycles. The van der Waals surface area contributed by atoms with Crippen LogP contribution in [0.2, 0.25) is 0 Å². The van der Waals surface area contributed by atoms with Gasteiger partial charge in [-0.25, -0.2) is 9.80 Å². The average molecular weight is 189 g/mol. The monoisotopic (exact) mass is 189 g/mol. The average Bonchev–Trinajstić information content (AvgIpc) is 2.23. The predicted molar refractivity (Wildman–Crippen MR) is 54.1 cm³/mol. The second kappa shape index (κ2) is 3.49. The minimum atomic E-state index is -0.162. The normalized spacial score (nSPS) is 16.2. The molecule has 0 saturated heterocycles. The summed E-state index contributed by atoms with van der Waals surface area (Å²) in [6.07, 6.45) is 0. The van der Waals surface area contributed by atoms with Gasteiger partial charge in [0.15, 0.2) is 0 Å². The fourth-order valence-electron chi connectivity index (χ4n) is 1.33. The Morgan fingerprint density at radius 3 is 2.71 bits per heavy atom. The quantitative estimate of drug-likeness (QED) is 0.705. The molecule has 4 nitrogen and oxygen atoms in total. The number of hydrogen-bond acceptors (Lipinski definition) is 2. The Kier molecular flexibility index (Phi) is 2.18. The van der Waals surface area contributed by atoms with Gasteiger partial charge in [0.25, 0.3) is 0 Å². The molecule has 1 aliphatic heterocycles. The molecule has 0 aliphatic carbocycles. The van der Waals surface area contributed by atoms with E-state index in [-0.39, 0.29) is 6.03 Å². The number of benzene rings is 1. The molecule has 72 valence electrons. The topological polar surface area (TPSA) is 44.7 Å². The van der Waals surface area contributed by atoms with Crippen molar-refractivity contribution in [2.45, 2.75) is 0 Å². The van der Waals surface area contributed by atoms with E-state index in [4.69, 9.17) is 0 Å². The molecule has 1 aliphatic rings. The maximum Gasteiger partial charge on any atom is 0.337 e. The molecule has 0 bridgehead atoms. The van der Waals surface area contributed by atoms with Gasteiger partial charge in [-0.2, -0.15) is 5.10 Å². The first-order valence-electron chi connectivity index (χ1n) is 4.42. The largest absolute Gasteiger partial charge is 0.337 e. The second-order valence-electron chi connectivity index (χ2n) is 3.10. The smallest absolute Gasteiger partial charge is 0.331 e. The number of amides is 2. The Hall–Kier alpha value is -1.84.